The fourth-order valence-electron chi connectivity index (χ4n) is 3.19. The van der Waals surface area contributed by atoms with E-state index < -0.39 is 0 Å². The van der Waals surface area contributed by atoms with Crippen molar-refractivity contribution < 1.29 is 4.84 Å². The maximum Gasteiger partial charge on any atom is 0.102 e. The van der Waals surface area contributed by atoms with Gasteiger partial charge >= 0.3 is 0 Å². The summed E-state index contributed by atoms with van der Waals surface area (Å²) in [5.74, 6) is 0.954. The fraction of sp³-hybridized carbons (Fsp3) is 0.478. The van der Waals surface area contributed by atoms with Gasteiger partial charge in [0.05, 0.1) is 6.04 Å². The van der Waals surface area contributed by atoms with E-state index in [0.29, 0.717) is 11.8 Å². The lowest BCUT2D eigenvalue weighted by molar-refractivity contribution is -0.272. The van der Waals surface area contributed by atoms with Crippen LogP contribution >= 0.6 is 11.6 Å². The number of hydrogen-bond acceptors (Lipinski definition) is 2. The minimum absolute atomic E-state index is 0.0384. The molecule has 0 aliphatic carbocycles. The molecule has 2 nitrogen and oxygen atoms in total. The average Bonchev–Trinajstić information content (AvgIpc) is 2.61. The van der Waals surface area contributed by atoms with E-state index in [9.17, 15) is 0 Å². The van der Waals surface area contributed by atoms with Gasteiger partial charge in [0.25, 0.3) is 0 Å². The fourth-order valence-corrected chi connectivity index (χ4v) is 3.37. The van der Waals surface area contributed by atoms with Gasteiger partial charge in [0, 0.05) is 11.4 Å². The SMILES string of the molecule is CC(C)[C@H](c1ccccc1)N(O[C@H](C)c1ccc(CCl)cc1)C(C)(C)C. The zero-order chi connectivity index (χ0) is 19.3. The number of benzene rings is 2. The third-order valence-corrected chi connectivity index (χ3v) is 4.87. The molecule has 0 heterocycles. The molecule has 3 heteroatoms. The van der Waals surface area contributed by atoms with Gasteiger partial charge in [-0.15, -0.1) is 11.6 Å². The van der Waals surface area contributed by atoms with Crippen LogP contribution in [0, 0.1) is 5.92 Å². The molecule has 2 atom stereocenters. The highest BCUT2D eigenvalue weighted by molar-refractivity contribution is 6.17. The molecular weight excluding hydrogens is 342 g/mol. The minimum atomic E-state index is -0.130. The summed E-state index contributed by atoms with van der Waals surface area (Å²) < 4.78 is 0. The van der Waals surface area contributed by atoms with Crippen molar-refractivity contribution in [1.29, 1.82) is 0 Å². The highest BCUT2D eigenvalue weighted by atomic mass is 35.5. The van der Waals surface area contributed by atoms with Gasteiger partial charge in [0.1, 0.15) is 6.10 Å². The minimum Gasteiger partial charge on any atom is -0.290 e. The molecule has 0 aliphatic heterocycles. The van der Waals surface area contributed by atoms with Crippen molar-refractivity contribution in [2.24, 2.45) is 5.92 Å². The molecule has 0 saturated heterocycles. The lowest BCUT2D eigenvalue weighted by Crippen LogP contribution is -2.46. The topological polar surface area (TPSA) is 12.5 Å². The molecular formula is C23H32ClNO. The number of halogens is 1. The molecule has 0 amide bonds. The molecule has 26 heavy (non-hydrogen) atoms. The summed E-state index contributed by atoms with van der Waals surface area (Å²) in [4.78, 5) is 6.55. The van der Waals surface area contributed by atoms with Crippen molar-refractivity contribution in [2.75, 3.05) is 0 Å². The Morgan fingerprint density at radius 1 is 0.885 bits per heavy atom. The van der Waals surface area contributed by atoms with Gasteiger partial charge in [-0.25, -0.2) is 0 Å². The van der Waals surface area contributed by atoms with Crippen LogP contribution < -0.4 is 0 Å². The molecule has 0 fully saturated rings. The van der Waals surface area contributed by atoms with Gasteiger partial charge in [-0.05, 0) is 50.3 Å². The van der Waals surface area contributed by atoms with E-state index in [1.54, 1.807) is 0 Å². The second-order valence-electron chi connectivity index (χ2n) is 8.22. The number of alkyl halides is 1. The summed E-state index contributed by atoms with van der Waals surface area (Å²) in [6.45, 7) is 13.2. The predicted molar refractivity (Wildman–Crippen MR) is 111 cm³/mol. The summed E-state index contributed by atoms with van der Waals surface area (Å²) in [6.07, 6.45) is -0.0384. The first-order valence-corrected chi connectivity index (χ1v) is 9.93. The van der Waals surface area contributed by atoms with Gasteiger partial charge in [-0.3, -0.25) is 4.84 Å². The van der Waals surface area contributed by atoms with Crippen molar-refractivity contribution in [3.05, 3.63) is 71.3 Å². The van der Waals surface area contributed by atoms with E-state index in [1.807, 2.05) is 0 Å². The molecule has 2 aromatic carbocycles. The third kappa shape index (κ3) is 5.33. The first-order chi connectivity index (χ1) is 12.2. The largest absolute Gasteiger partial charge is 0.290 e. The molecule has 2 aromatic rings. The van der Waals surface area contributed by atoms with Crippen LogP contribution in [0.2, 0.25) is 0 Å². The van der Waals surface area contributed by atoms with Crippen molar-refractivity contribution in [3.63, 3.8) is 0 Å². The molecule has 0 aliphatic rings. The molecule has 0 bridgehead atoms. The van der Waals surface area contributed by atoms with Crippen LogP contribution in [0.5, 0.6) is 0 Å². The Labute approximate surface area is 164 Å². The van der Waals surface area contributed by atoms with Gasteiger partial charge in [-0.2, -0.15) is 5.06 Å². The molecule has 0 spiro atoms. The molecule has 2 rings (SSSR count). The van der Waals surface area contributed by atoms with Crippen LogP contribution in [0.1, 0.15) is 70.4 Å². The van der Waals surface area contributed by atoms with Crippen LogP contribution in [0.3, 0.4) is 0 Å². The Bertz CT molecular complexity index is 661. The van der Waals surface area contributed by atoms with Crippen LogP contribution in [0.15, 0.2) is 54.6 Å². The second-order valence-corrected chi connectivity index (χ2v) is 8.49. The predicted octanol–water partition coefficient (Wildman–Crippen LogP) is 6.92. The standard InChI is InChI=1S/C23H32ClNO/c1-17(2)22(21-10-8-7-9-11-21)25(23(4,5)6)26-18(3)20-14-12-19(16-24)13-15-20/h7-15,17-18,22H,16H2,1-6H3/t18-,22-/m1/s1. The quantitative estimate of drug-likeness (QED) is 0.386. The average molecular weight is 374 g/mol. The van der Waals surface area contributed by atoms with Crippen LogP contribution in [0.25, 0.3) is 0 Å². The smallest absolute Gasteiger partial charge is 0.102 e. The van der Waals surface area contributed by atoms with Gasteiger partial charge in [0.2, 0.25) is 0 Å². The first-order valence-electron chi connectivity index (χ1n) is 9.40. The van der Waals surface area contributed by atoms with Crippen molar-refractivity contribution in [1.82, 2.24) is 5.06 Å². The van der Waals surface area contributed by atoms with Crippen molar-refractivity contribution in [3.8, 4) is 0 Å². The second kappa shape index (κ2) is 9.03. The summed E-state index contributed by atoms with van der Waals surface area (Å²) in [5, 5.41) is 2.17. The summed E-state index contributed by atoms with van der Waals surface area (Å²) in [7, 11) is 0. The highest BCUT2D eigenvalue weighted by Crippen LogP contribution is 2.37. The van der Waals surface area contributed by atoms with Crippen LogP contribution in [-0.2, 0) is 10.7 Å². The number of nitrogens with zero attached hydrogens (tertiary/aromatic N) is 1. The summed E-state index contributed by atoms with van der Waals surface area (Å²) in [5.41, 5.74) is 3.43. The summed E-state index contributed by atoms with van der Waals surface area (Å²) in [6, 6.07) is 19.2. The third-order valence-electron chi connectivity index (χ3n) is 4.56. The van der Waals surface area contributed by atoms with Gasteiger partial charge in [-0.1, -0.05) is 68.4 Å². The maximum atomic E-state index is 6.55. The zero-order valence-corrected chi connectivity index (χ0v) is 17.6. The van der Waals surface area contributed by atoms with Crippen LogP contribution in [0.4, 0.5) is 0 Å². The summed E-state index contributed by atoms with van der Waals surface area (Å²) >= 11 is 5.91. The van der Waals surface area contributed by atoms with E-state index in [-0.39, 0.29) is 17.7 Å². The van der Waals surface area contributed by atoms with E-state index in [2.05, 4.69) is 101 Å². The lowest BCUT2D eigenvalue weighted by atomic mass is 9.92. The van der Waals surface area contributed by atoms with Gasteiger partial charge < -0.3 is 0 Å². The van der Waals surface area contributed by atoms with Crippen molar-refractivity contribution >= 4 is 11.6 Å². The zero-order valence-electron chi connectivity index (χ0n) is 16.9. The van der Waals surface area contributed by atoms with E-state index in [0.717, 1.165) is 11.1 Å². The Kier molecular flexibility index (Phi) is 7.28. The van der Waals surface area contributed by atoms with E-state index >= 15 is 0 Å². The monoisotopic (exact) mass is 373 g/mol. The normalized spacial score (nSPS) is 14.7. The van der Waals surface area contributed by atoms with Crippen LogP contribution in [-0.4, -0.2) is 10.6 Å². The number of hydroxylamine groups is 2. The molecule has 142 valence electrons. The van der Waals surface area contributed by atoms with Crippen molar-refractivity contribution in [2.45, 2.75) is 65.1 Å². The molecule has 0 unspecified atom stereocenters. The molecule has 0 radical (unpaired) electrons. The Balaban J connectivity index is 2.31. The molecule has 0 N–H and O–H groups in total. The Hall–Kier alpha value is -1.35. The Morgan fingerprint density at radius 2 is 1.46 bits per heavy atom. The maximum absolute atomic E-state index is 6.55. The van der Waals surface area contributed by atoms with Gasteiger partial charge in [0.15, 0.2) is 0 Å². The Morgan fingerprint density at radius 3 is 1.92 bits per heavy atom. The highest BCUT2D eigenvalue weighted by Gasteiger charge is 2.34. The molecule has 0 saturated carbocycles. The number of hydrogen-bond donors (Lipinski definition) is 0. The molecule has 0 aromatic heterocycles. The number of rotatable bonds is 7. The van der Waals surface area contributed by atoms with E-state index in [1.165, 1.54) is 5.56 Å². The lowest BCUT2D eigenvalue weighted by Gasteiger charge is -2.44. The first kappa shape index (κ1) is 21.0. The van der Waals surface area contributed by atoms with E-state index in [4.69, 9.17) is 16.4 Å².